The molecule has 0 fully saturated rings. The minimum Gasteiger partial charge on any atom is -0.462 e. The van der Waals surface area contributed by atoms with Crippen LogP contribution >= 0.6 is 0 Å². The number of hydrogen-bond acceptors (Lipinski definition) is 5. The Morgan fingerprint density at radius 3 is 2.44 bits per heavy atom. The molecule has 0 aliphatic carbocycles. The van der Waals surface area contributed by atoms with Crippen molar-refractivity contribution < 1.29 is 14.3 Å². The van der Waals surface area contributed by atoms with E-state index in [1.54, 1.807) is 20.8 Å². The van der Waals surface area contributed by atoms with Crippen LogP contribution in [-0.2, 0) is 11.3 Å². The maximum absolute atomic E-state index is 13.3. The monoisotopic (exact) mass is 436 g/mol. The van der Waals surface area contributed by atoms with Gasteiger partial charge in [0.1, 0.15) is 0 Å². The Morgan fingerprint density at radius 1 is 1.16 bits per heavy atom. The SMILES string of the molecule is CCOC(=O)c1c(C)[nH]c(C(=O)[C@H](C)N(C)Cc2c(C)nn(-c3ccccc3)c2C)c1C. The van der Waals surface area contributed by atoms with Gasteiger partial charge in [0.05, 0.1) is 35.3 Å². The van der Waals surface area contributed by atoms with E-state index >= 15 is 0 Å². The van der Waals surface area contributed by atoms with E-state index in [1.165, 1.54) is 0 Å². The van der Waals surface area contributed by atoms with Gasteiger partial charge in [-0.2, -0.15) is 5.10 Å². The first kappa shape index (κ1) is 23.5. The summed E-state index contributed by atoms with van der Waals surface area (Å²) in [5.74, 6) is -0.465. The number of esters is 1. The molecule has 7 heteroatoms. The summed E-state index contributed by atoms with van der Waals surface area (Å²) in [6.07, 6.45) is 0. The third kappa shape index (κ3) is 4.39. The van der Waals surface area contributed by atoms with E-state index in [9.17, 15) is 9.59 Å². The molecule has 0 aliphatic rings. The largest absolute Gasteiger partial charge is 0.462 e. The highest BCUT2D eigenvalue weighted by Crippen LogP contribution is 2.23. The zero-order valence-electron chi connectivity index (χ0n) is 19.9. The predicted molar refractivity (Wildman–Crippen MR) is 125 cm³/mol. The molecule has 0 unspecified atom stereocenters. The summed E-state index contributed by atoms with van der Waals surface area (Å²) < 4.78 is 7.08. The number of carbonyl (C=O) groups excluding carboxylic acids is 2. The molecule has 0 saturated carbocycles. The summed E-state index contributed by atoms with van der Waals surface area (Å²) in [5, 5.41) is 4.71. The van der Waals surface area contributed by atoms with Gasteiger partial charge in [-0.15, -0.1) is 0 Å². The molecule has 0 aliphatic heterocycles. The molecule has 1 atom stereocenters. The highest BCUT2D eigenvalue weighted by molar-refractivity contribution is 6.03. The average molecular weight is 437 g/mol. The molecule has 1 N–H and O–H groups in total. The third-order valence-corrected chi connectivity index (χ3v) is 6.05. The van der Waals surface area contributed by atoms with Gasteiger partial charge >= 0.3 is 5.97 Å². The minimum absolute atomic E-state index is 0.0607. The summed E-state index contributed by atoms with van der Waals surface area (Å²) in [4.78, 5) is 30.7. The summed E-state index contributed by atoms with van der Waals surface area (Å²) in [6.45, 7) is 12.1. The molecule has 0 saturated heterocycles. The van der Waals surface area contributed by atoms with E-state index < -0.39 is 5.97 Å². The van der Waals surface area contributed by atoms with Gasteiger partial charge in [-0.3, -0.25) is 9.69 Å². The van der Waals surface area contributed by atoms with Crippen molar-refractivity contribution in [2.75, 3.05) is 13.7 Å². The smallest absolute Gasteiger partial charge is 0.340 e. The number of Topliss-reactive ketones (excluding diaryl/α,β-unsaturated/α-hetero) is 1. The van der Waals surface area contributed by atoms with Gasteiger partial charge < -0.3 is 9.72 Å². The van der Waals surface area contributed by atoms with Crippen LogP contribution in [0, 0.1) is 27.7 Å². The fourth-order valence-corrected chi connectivity index (χ4v) is 4.03. The fraction of sp³-hybridized carbons (Fsp3) is 0.400. The van der Waals surface area contributed by atoms with Crippen LogP contribution in [-0.4, -0.2) is 51.1 Å². The number of aromatic amines is 1. The Bertz CT molecular complexity index is 1130. The van der Waals surface area contributed by atoms with Crippen LogP contribution in [0.1, 0.15) is 62.9 Å². The van der Waals surface area contributed by atoms with Crippen molar-refractivity contribution >= 4 is 11.8 Å². The van der Waals surface area contributed by atoms with Gasteiger partial charge in [0.15, 0.2) is 5.78 Å². The highest BCUT2D eigenvalue weighted by atomic mass is 16.5. The quantitative estimate of drug-likeness (QED) is 0.420. The van der Waals surface area contributed by atoms with Crippen molar-refractivity contribution in [2.24, 2.45) is 0 Å². The number of H-pyrrole nitrogens is 1. The lowest BCUT2D eigenvalue weighted by molar-refractivity contribution is 0.0525. The first-order valence-electron chi connectivity index (χ1n) is 10.9. The number of aromatic nitrogens is 3. The predicted octanol–water partition coefficient (Wildman–Crippen LogP) is 4.31. The normalized spacial score (nSPS) is 12.2. The minimum atomic E-state index is -0.404. The molecule has 32 heavy (non-hydrogen) atoms. The van der Waals surface area contributed by atoms with E-state index in [2.05, 4.69) is 4.98 Å². The van der Waals surface area contributed by atoms with Crippen LogP contribution in [0.2, 0.25) is 0 Å². The fourth-order valence-electron chi connectivity index (χ4n) is 4.03. The second-order valence-electron chi connectivity index (χ2n) is 8.20. The van der Waals surface area contributed by atoms with Crippen LogP contribution in [0.25, 0.3) is 5.69 Å². The maximum Gasteiger partial charge on any atom is 0.340 e. The van der Waals surface area contributed by atoms with E-state index in [4.69, 9.17) is 9.84 Å². The van der Waals surface area contributed by atoms with Crippen molar-refractivity contribution in [3.63, 3.8) is 0 Å². The van der Waals surface area contributed by atoms with Gasteiger partial charge in [-0.05, 0) is 66.3 Å². The number of para-hydroxylation sites is 1. The molecule has 3 rings (SSSR count). The number of nitrogens with zero attached hydrogens (tertiary/aromatic N) is 3. The number of aryl methyl sites for hydroxylation is 2. The average Bonchev–Trinajstić information content (AvgIpc) is 3.23. The first-order valence-corrected chi connectivity index (χ1v) is 10.9. The number of ether oxygens (including phenoxy) is 1. The summed E-state index contributed by atoms with van der Waals surface area (Å²) in [5.41, 5.74) is 6.29. The van der Waals surface area contributed by atoms with Gasteiger partial charge in [0.25, 0.3) is 0 Å². The summed E-state index contributed by atoms with van der Waals surface area (Å²) in [6, 6.07) is 9.62. The zero-order valence-corrected chi connectivity index (χ0v) is 19.9. The van der Waals surface area contributed by atoms with Gasteiger partial charge in [0, 0.05) is 23.5 Å². The van der Waals surface area contributed by atoms with Crippen LogP contribution < -0.4 is 0 Å². The van der Waals surface area contributed by atoms with Crippen molar-refractivity contribution in [1.29, 1.82) is 0 Å². The number of benzene rings is 1. The van der Waals surface area contributed by atoms with Crippen LogP contribution in [0.5, 0.6) is 0 Å². The molecule has 7 nitrogen and oxygen atoms in total. The van der Waals surface area contributed by atoms with Gasteiger partial charge in [-0.1, -0.05) is 18.2 Å². The summed E-state index contributed by atoms with van der Waals surface area (Å²) >= 11 is 0. The lowest BCUT2D eigenvalue weighted by Gasteiger charge is -2.23. The maximum atomic E-state index is 13.3. The molecule has 2 aromatic heterocycles. The second-order valence-corrected chi connectivity index (χ2v) is 8.20. The Hall–Kier alpha value is -3.19. The van der Waals surface area contributed by atoms with Gasteiger partial charge in [0.2, 0.25) is 0 Å². The van der Waals surface area contributed by atoms with Crippen LogP contribution in [0.3, 0.4) is 0 Å². The Labute approximate surface area is 189 Å². The second kappa shape index (κ2) is 9.53. The number of hydrogen-bond donors (Lipinski definition) is 1. The Morgan fingerprint density at radius 2 is 1.81 bits per heavy atom. The van der Waals surface area contributed by atoms with Gasteiger partial charge in [-0.25, -0.2) is 9.48 Å². The lowest BCUT2D eigenvalue weighted by atomic mass is 10.0. The van der Waals surface area contributed by atoms with Crippen molar-refractivity contribution in [3.8, 4) is 5.69 Å². The zero-order chi connectivity index (χ0) is 23.6. The third-order valence-electron chi connectivity index (χ3n) is 6.05. The summed E-state index contributed by atoms with van der Waals surface area (Å²) in [7, 11) is 1.93. The molecule has 1 aromatic carbocycles. The number of nitrogens with one attached hydrogen (secondary N) is 1. The Balaban J connectivity index is 1.82. The van der Waals surface area contributed by atoms with Crippen molar-refractivity contribution in [1.82, 2.24) is 19.7 Å². The standard InChI is InChI=1S/C25H32N4O3/c1-8-32-25(31)22-15(2)23(26-17(22)4)24(30)19(6)28(7)14-21-16(3)27-29(18(21)5)20-12-10-9-11-13-20/h9-13,19,26H,8,14H2,1-7H3/t19-/m0/s1. The van der Waals surface area contributed by atoms with E-state index in [0.29, 0.717) is 35.7 Å². The number of carbonyl (C=O) groups is 2. The molecule has 0 bridgehead atoms. The number of rotatable bonds is 8. The molecule has 0 spiro atoms. The van der Waals surface area contributed by atoms with E-state index in [-0.39, 0.29) is 11.8 Å². The molecule has 2 heterocycles. The topological polar surface area (TPSA) is 80.2 Å². The van der Waals surface area contributed by atoms with Crippen LogP contribution in [0.4, 0.5) is 0 Å². The van der Waals surface area contributed by atoms with Crippen molar-refractivity contribution in [2.45, 2.75) is 54.1 Å². The molecule has 0 amide bonds. The van der Waals surface area contributed by atoms with E-state index in [1.807, 2.05) is 67.7 Å². The number of likely N-dealkylation sites (N-methyl/N-ethyl adjacent to an activating group) is 1. The number of ketones is 1. The molecule has 3 aromatic rings. The Kier molecular flexibility index (Phi) is 6.99. The van der Waals surface area contributed by atoms with Crippen molar-refractivity contribution in [3.05, 3.63) is 69.8 Å². The lowest BCUT2D eigenvalue weighted by Crippen LogP contribution is -2.36. The molecule has 170 valence electrons. The molecular formula is C25H32N4O3. The van der Waals surface area contributed by atoms with E-state index in [0.717, 1.165) is 22.6 Å². The molecular weight excluding hydrogens is 404 g/mol. The van der Waals surface area contributed by atoms with Crippen LogP contribution in [0.15, 0.2) is 30.3 Å². The highest BCUT2D eigenvalue weighted by Gasteiger charge is 2.28. The molecule has 0 radical (unpaired) electrons. The first-order chi connectivity index (χ1) is 15.2.